The van der Waals surface area contributed by atoms with E-state index in [1.165, 1.54) is 11.3 Å². The number of aromatic nitrogens is 4. The lowest BCUT2D eigenvalue weighted by molar-refractivity contribution is -0.143. The quantitative estimate of drug-likeness (QED) is 0.877. The molecule has 7 heteroatoms. The van der Waals surface area contributed by atoms with Crippen LogP contribution < -0.4 is 0 Å². The molecule has 2 unspecified atom stereocenters. The van der Waals surface area contributed by atoms with Gasteiger partial charge < -0.3 is 5.11 Å². The fourth-order valence-corrected chi connectivity index (χ4v) is 3.47. The van der Waals surface area contributed by atoms with Crippen LogP contribution in [0.15, 0.2) is 6.33 Å². The number of rotatable bonds is 2. The topological polar surface area (TPSA) is 80.4 Å². The van der Waals surface area contributed by atoms with Crippen molar-refractivity contribution in [2.45, 2.75) is 31.6 Å². The molecule has 0 saturated heterocycles. The smallest absolute Gasteiger partial charge is 0.307 e. The van der Waals surface area contributed by atoms with Gasteiger partial charge in [0.25, 0.3) is 0 Å². The lowest BCUT2D eigenvalue weighted by Gasteiger charge is -2.26. The van der Waals surface area contributed by atoms with E-state index in [0.717, 1.165) is 35.7 Å². The third-order valence-electron chi connectivity index (χ3n) is 3.30. The largest absolute Gasteiger partial charge is 0.481 e. The van der Waals surface area contributed by atoms with Crippen LogP contribution >= 0.6 is 11.3 Å². The van der Waals surface area contributed by atoms with Crippen LogP contribution in [-0.4, -0.2) is 30.9 Å². The van der Waals surface area contributed by atoms with Gasteiger partial charge in [-0.3, -0.25) is 4.79 Å². The zero-order chi connectivity index (χ0) is 11.8. The normalized spacial score (nSPS) is 25.2. The summed E-state index contributed by atoms with van der Waals surface area (Å²) < 4.78 is 1.62. The molecule has 2 aromatic rings. The zero-order valence-corrected chi connectivity index (χ0v) is 9.93. The standard InChI is InChI=1S/C10H12N4O2S/c15-9(16)7-4-2-1-3-6(7)8-13-14-5-11-12-10(14)17-8/h5-7H,1-4H2,(H,15,16). The second-order valence-corrected chi connectivity index (χ2v) is 5.32. The lowest BCUT2D eigenvalue weighted by Crippen LogP contribution is -2.25. The summed E-state index contributed by atoms with van der Waals surface area (Å²) in [5.74, 6) is -0.971. The number of nitrogens with zero attached hydrogens (tertiary/aromatic N) is 4. The number of hydrogen-bond donors (Lipinski definition) is 1. The Balaban J connectivity index is 1.95. The fourth-order valence-electron chi connectivity index (χ4n) is 2.45. The average molecular weight is 252 g/mol. The van der Waals surface area contributed by atoms with E-state index in [9.17, 15) is 9.90 Å². The molecule has 0 aromatic carbocycles. The first kappa shape index (κ1) is 10.6. The molecule has 6 nitrogen and oxygen atoms in total. The van der Waals surface area contributed by atoms with Gasteiger partial charge in [0, 0.05) is 5.92 Å². The van der Waals surface area contributed by atoms with Crippen LogP contribution in [-0.2, 0) is 4.79 Å². The summed E-state index contributed by atoms with van der Waals surface area (Å²) >= 11 is 1.45. The van der Waals surface area contributed by atoms with Gasteiger partial charge in [-0.2, -0.15) is 9.61 Å². The molecule has 90 valence electrons. The molecule has 1 saturated carbocycles. The minimum Gasteiger partial charge on any atom is -0.481 e. The van der Waals surface area contributed by atoms with E-state index in [4.69, 9.17) is 0 Å². The van der Waals surface area contributed by atoms with Crippen LogP contribution in [0.2, 0.25) is 0 Å². The van der Waals surface area contributed by atoms with Gasteiger partial charge >= 0.3 is 5.97 Å². The minimum atomic E-state index is -0.708. The maximum absolute atomic E-state index is 11.2. The molecule has 0 radical (unpaired) electrons. The van der Waals surface area contributed by atoms with Gasteiger partial charge in [-0.15, -0.1) is 10.2 Å². The summed E-state index contributed by atoms with van der Waals surface area (Å²) in [5.41, 5.74) is 0. The van der Waals surface area contributed by atoms with Crippen molar-refractivity contribution >= 4 is 22.3 Å². The van der Waals surface area contributed by atoms with Crippen molar-refractivity contribution in [3.63, 3.8) is 0 Å². The van der Waals surface area contributed by atoms with Crippen LogP contribution in [0.1, 0.15) is 36.6 Å². The van der Waals surface area contributed by atoms with Crippen molar-refractivity contribution in [2.75, 3.05) is 0 Å². The van der Waals surface area contributed by atoms with Crippen molar-refractivity contribution < 1.29 is 9.90 Å². The van der Waals surface area contributed by atoms with Crippen molar-refractivity contribution in [3.05, 3.63) is 11.3 Å². The monoisotopic (exact) mass is 252 g/mol. The molecule has 1 aliphatic rings. The van der Waals surface area contributed by atoms with E-state index in [2.05, 4.69) is 15.3 Å². The van der Waals surface area contributed by atoms with Crippen molar-refractivity contribution in [2.24, 2.45) is 5.92 Å². The lowest BCUT2D eigenvalue weighted by atomic mass is 9.80. The second kappa shape index (κ2) is 4.06. The van der Waals surface area contributed by atoms with Crippen LogP contribution in [0.25, 0.3) is 4.96 Å². The average Bonchev–Trinajstić information content (AvgIpc) is 2.88. The molecule has 3 rings (SSSR count). The maximum Gasteiger partial charge on any atom is 0.307 e. The maximum atomic E-state index is 11.2. The first-order chi connectivity index (χ1) is 8.25. The van der Waals surface area contributed by atoms with E-state index in [1.54, 1.807) is 10.8 Å². The molecule has 0 aliphatic heterocycles. The highest BCUT2D eigenvalue weighted by Crippen LogP contribution is 2.39. The van der Waals surface area contributed by atoms with Gasteiger partial charge in [0.05, 0.1) is 5.92 Å². The van der Waals surface area contributed by atoms with Gasteiger partial charge in [-0.05, 0) is 12.8 Å². The molecule has 2 aromatic heterocycles. The molecular formula is C10H12N4O2S. The first-order valence-corrected chi connectivity index (χ1v) is 6.47. The Morgan fingerprint density at radius 3 is 3.06 bits per heavy atom. The SMILES string of the molecule is O=C(O)C1CCCCC1c1nn2cnnc2s1. The highest BCUT2D eigenvalue weighted by atomic mass is 32.1. The fraction of sp³-hybridized carbons (Fsp3) is 0.600. The van der Waals surface area contributed by atoms with E-state index in [0.29, 0.717) is 0 Å². The van der Waals surface area contributed by atoms with E-state index in [-0.39, 0.29) is 11.8 Å². The molecule has 2 atom stereocenters. The van der Waals surface area contributed by atoms with Gasteiger partial charge in [-0.25, -0.2) is 0 Å². The van der Waals surface area contributed by atoms with Crippen molar-refractivity contribution in [1.82, 2.24) is 19.8 Å². The van der Waals surface area contributed by atoms with Crippen molar-refractivity contribution in [3.8, 4) is 0 Å². The molecule has 2 heterocycles. The highest BCUT2D eigenvalue weighted by Gasteiger charge is 2.34. The summed E-state index contributed by atoms with van der Waals surface area (Å²) in [6, 6.07) is 0. The second-order valence-electron chi connectivity index (χ2n) is 4.33. The number of aliphatic carboxylic acids is 1. The van der Waals surface area contributed by atoms with Crippen LogP contribution in [0.5, 0.6) is 0 Å². The molecule has 0 bridgehead atoms. The van der Waals surface area contributed by atoms with Gasteiger partial charge in [0.15, 0.2) is 0 Å². The number of carbonyl (C=O) groups is 1. The highest BCUT2D eigenvalue weighted by molar-refractivity contribution is 7.16. The molecule has 1 fully saturated rings. The molecular weight excluding hydrogens is 240 g/mol. The van der Waals surface area contributed by atoms with E-state index in [1.807, 2.05) is 0 Å². The summed E-state index contributed by atoms with van der Waals surface area (Å²) in [7, 11) is 0. The molecule has 17 heavy (non-hydrogen) atoms. The first-order valence-electron chi connectivity index (χ1n) is 5.65. The predicted octanol–water partition coefficient (Wildman–Crippen LogP) is 1.54. The minimum absolute atomic E-state index is 0.0351. The molecule has 0 amide bonds. The third kappa shape index (κ3) is 1.80. The summed E-state index contributed by atoms with van der Waals surface area (Å²) in [6.07, 6.45) is 5.28. The Kier molecular flexibility index (Phi) is 2.54. The molecule has 0 spiro atoms. The summed E-state index contributed by atoms with van der Waals surface area (Å²) in [5, 5.41) is 22.2. The Labute approximate surface area is 101 Å². The number of carboxylic acids is 1. The third-order valence-corrected chi connectivity index (χ3v) is 4.35. The Hall–Kier alpha value is -1.50. The van der Waals surface area contributed by atoms with E-state index >= 15 is 0 Å². The predicted molar refractivity (Wildman–Crippen MR) is 61.0 cm³/mol. The number of hydrogen-bond acceptors (Lipinski definition) is 5. The van der Waals surface area contributed by atoms with E-state index < -0.39 is 5.97 Å². The number of carboxylic acid groups (broad SMARTS) is 1. The van der Waals surface area contributed by atoms with Crippen LogP contribution in [0.3, 0.4) is 0 Å². The summed E-state index contributed by atoms with van der Waals surface area (Å²) in [6.45, 7) is 0. The molecule has 1 N–H and O–H groups in total. The van der Waals surface area contributed by atoms with Crippen molar-refractivity contribution in [1.29, 1.82) is 0 Å². The Bertz CT molecular complexity index is 521. The van der Waals surface area contributed by atoms with Gasteiger partial charge in [0.2, 0.25) is 4.96 Å². The van der Waals surface area contributed by atoms with Crippen LogP contribution in [0.4, 0.5) is 0 Å². The number of fused-ring (bicyclic) bond motifs is 1. The van der Waals surface area contributed by atoms with Gasteiger partial charge in [0.1, 0.15) is 11.3 Å². The Morgan fingerprint density at radius 2 is 2.29 bits per heavy atom. The Morgan fingerprint density at radius 1 is 1.47 bits per heavy atom. The molecule has 1 aliphatic carbocycles. The summed E-state index contributed by atoms with van der Waals surface area (Å²) in [4.78, 5) is 12.0. The zero-order valence-electron chi connectivity index (χ0n) is 9.11. The van der Waals surface area contributed by atoms with Gasteiger partial charge in [-0.1, -0.05) is 24.2 Å². The van der Waals surface area contributed by atoms with Crippen LogP contribution in [0, 0.1) is 5.92 Å².